The van der Waals surface area contributed by atoms with Gasteiger partial charge in [0.1, 0.15) is 11.0 Å². The molecule has 0 bridgehead atoms. The van der Waals surface area contributed by atoms with E-state index in [0.717, 1.165) is 0 Å². The van der Waals surface area contributed by atoms with Crippen LogP contribution in [-0.4, -0.2) is 19.5 Å². The summed E-state index contributed by atoms with van der Waals surface area (Å²) in [5.41, 5.74) is 0.477. The van der Waals surface area contributed by atoms with Gasteiger partial charge in [-0.1, -0.05) is 23.7 Å². The Morgan fingerprint density at radius 1 is 1.09 bits per heavy atom. The van der Waals surface area contributed by atoms with Crippen LogP contribution in [0.1, 0.15) is 15.9 Å². The van der Waals surface area contributed by atoms with Crippen LogP contribution >= 0.6 is 11.6 Å². The van der Waals surface area contributed by atoms with E-state index < -0.39 is 20.7 Å². The summed E-state index contributed by atoms with van der Waals surface area (Å²) >= 11 is 5.72. The van der Waals surface area contributed by atoms with Gasteiger partial charge >= 0.3 is 5.97 Å². The zero-order valence-corrected chi connectivity index (χ0v) is 13.2. The molecule has 0 amide bonds. The fourth-order valence-corrected chi connectivity index (χ4v) is 3.07. The van der Waals surface area contributed by atoms with Crippen LogP contribution in [0.2, 0.25) is 5.02 Å². The molecule has 0 radical (unpaired) electrons. The van der Waals surface area contributed by atoms with Crippen molar-refractivity contribution in [3.05, 3.63) is 69.6 Å². The summed E-state index contributed by atoms with van der Waals surface area (Å²) in [4.78, 5) is 10.3. The summed E-state index contributed by atoms with van der Waals surface area (Å²) in [5.74, 6) is -1.09. The number of halogens is 1. The Kier molecular flexibility index (Phi) is 4.84. The monoisotopic (exact) mass is 347 g/mol. The number of hydrogen-bond donors (Lipinski definition) is 1. The second kappa shape index (κ2) is 6.65. The molecule has 0 aliphatic rings. The van der Waals surface area contributed by atoms with Gasteiger partial charge in [-0.2, -0.15) is 5.26 Å². The number of aromatic carboxylic acids is 1. The molecule has 2 aromatic carbocycles. The number of carboxylic acid groups (broad SMARTS) is 1. The summed E-state index contributed by atoms with van der Waals surface area (Å²) in [6.45, 7) is 0. The molecule has 116 valence electrons. The number of nitriles is 1. The molecule has 1 N–H and O–H groups in total. The zero-order valence-electron chi connectivity index (χ0n) is 11.6. The van der Waals surface area contributed by atoms with E-state index in [-0.39, 0.29) is 10.5 Å². The maximum atomic E-state index is 12.4. The molecule has 5 nitrogen and oxygen atoms in total. The van der Waals surface area contributed by atoms with E-state index >= 15 is 0 Å². The van der Waals surface area contributed by atoms with Gasteiger partial charge < -0.3 is 5.11 Å². The lowest BCUT2D eigenvalue weighted by molar-refractivity contribution is 0.0697. The van der Waals surface area contributed by atoms with Crippen LogP contribution in [0.25, 0.3) is 6.08 Å². The van der Waals surface area contributed by atoms with E-state index in [1.165, 1.54) is 54.6 Å². The van der Waals surface area contributed by atoms with E-state index in [1.54, 1.807) is 6.07 Å². The van der Waals surface area contributed by atoms with Crippen molar-refractivity contribution in [3.63, 3.8) is 0 Å². The standard InChI is InChI=1S/C16H10ClNO4S/c17-13-5-7-14(8-6-13)23(21,22)15(10-18)9-11-1-3-12(4-2-11)16(19)20/h1-9H,(H,19,20). The van der Waals surface area contributed by atoms with Gasteiger partial charge in [-0.15, -0.1) is 0 Å². The smallest absolute Gasteiger partial charge is 0.335 e. The SMILES string of the molecule is N#CC(=Cc1ccc(C(=O)O)cc1)S(=O)(=O)c1ccc(Cl)cc1. The van der Waals surface area contributed by atoms with Crippen molar-refractivity contribution in [2.45, 2.75) is 4.90 Å². The summed E-state index contributed by atoms with van der Waals surface area (Å²) < 4.78 is 24.9. The van der Waals surface area contributed by atoms with Gasteiger partial charge in [-0.05, 0) is 48.0 Å². The van der Waals surface area contributed by atoms with Crippen LogP contribution in [-0.2, 0) is 9.84 Å². The Bertz CT molecular complexity index is 908. The molecule has 0 unspecified atom stereocenters. The van der Waals surface area contributed by atoms with Gasteiger partial charge in [-0.3, -0.25) is 0 Å². The van der Waals surface area contributed by atoms with Crippen LogP contribution in [0.3, 0.4) is 0 Å². The quantitative estimate of drug-likeness (QED) is 0.855. The Hall–Kier alpha value is -2.62. The highest BCUT2D eigenvalue weighted by molar-refractivity contribution is 7.95. The fraction of sp³-hybridized carbons (Fsp3) is 0. The molecule has 0 atom stereocenters. The Balaban J connectivity index is 2.44. The molecule has 0 aliphatic heterocycles. The average Bonchev–Trinajstić information content (AvgIpc) is 2.53. The normalized spacial score (nSPS) is 11.7. The largest absolute Gasteiger partial charge is 0.478 e. The molecule has 0 fully saturated rings. The van der Waals surface area contributed by atoms with Crippen molar-refractivity contribution in [2.75, 3.05) is 0 Å². The third-order valence-corrected chi connectivity index (χ3v) is 4.91. The molecule has 23 heavy (non-hydrogen) atoms. The summed E-state index contributed by atoms with van der Waals surface area (Å²) in [7, 11) is -3.97. The summed E-state index contributed by atoms with van der Waals surface area (Å²) in [6.07, 6.45) is 1.19. The molecule has 2 rings (SSSR count). The first-order chi connectivity index (χ1) is 10.8. The number of carbonyl (C=O) groups is 1. The Labute approximate surface area is 138 Å². The highest BCUT2D eigenvalue weighted by atomic mass is 35.5. The zero-order chi connectivity index (χ0) is 17.0. The highest BCUT2D eigenvalue weighted by Gasteiger charge is 2.20. The average molecular weight is 348 g/mol. The van der Waals surface area contributed by atoms with E-state index in [4.69, 9.17) is 22.0 Å². The lowest BCUT2D eigenvalue weighted by Gasteiger charge is -2.03. The van der Waals surface area contributed by atoms with Gasteiger partial charge in [-0.25, -0.2) is 13.2 Å². The van der Waals surface area contributed by atoms with E-state index in [1.807, 2.05) is 0 Å². The second-order valence-corrected chi connectivity index (χ2v) is 6.86. The lowest BCUT2D eigenvalue weighted by Crippen LogP contribution is -2.03. The predicted octanol–water partition coefficient (Wildman–Crippen LogP) is 3.38. The van der Waals surface area contributed by atoms with E-state index in [2.05, 4.69) is 0 Å². The summed E-state index contributed by atoms with van der Waals surface area (Å²) in [5, 5.41) is 18.4. The number of nitrogens with zero attached hydrogens (tertiary/aromatic N) is 1. The van der Waals surface area contributed by atoms with Crippen molar-refractivity contribution in [2.24, 2.45) is 0 Å². The minimum Gasteiger partial charge on any atom is -0.478 e. The van der Waals surface area contributed by atoms with Gasteiger partial charge in [0.25, 0.3) is 0 Å². The molecule has 2 aromatic rings. The Morgan fingerprint density at radius 3 is 2.13 bits per heavy atom. The number of benzene rings is 2. The third kappa shape index (κ3) is 3.77. The number of rotatable bonds is 4. The lowest BCUT2D eigenvalue weighted by atomic mass is 10.1. The predicted molar refractivity (Wildman–Crippen MR) is 85.6 cm³/mol. The molecule has 0 heterocycles. The molecule has 0 saturated heterocycles. The summed E-state index contributed by atoms with van der Waals surface area (Å²) in [6, 6.07) is 12.7. The molecule has 0 aromatic heterocycles. The van der Waals surface area contributed by atoms with E-state index in [9.17, 15) is 13.2 Å². The first kappa shape index (κ1) is 16.7. The number of allylic oxidation sites excluding steroid dienone is 1. The molecular formula is C16H10ClNO4S. The number of carboxylic acids is 1. The van der Waals surface area contributed by atoms with Crippen molar-refractivity contribution < 1.29 is 18.3 Å². The highest BCUT2D eigenvalue weighted by Crippen LogP contribution is 2.22. The number of sulfone groups is 1. The van der Waals surface area contributed by atoms with Gasteiger partial charge in [0, 0.05) is 5.02 Å². The second-order valence-electron chi connectivity index (χ2n) is 4.50. The van der Waals surface area contributed by atoms with Gasteiger partial charge in [0.15, 0.2) is 0 Å². The van der Waals surface area contributed by atoms with E-state index in [0.29, 0.717) is 10.6 Å². The van der Waals surface area contributed by atoms with Crippen LogP contribution < -0.4 is 0 Å². The van der Waals surface area contributed by atoms with Crippen molar-refractivity contribution in [1.29, 1.82) is 5.26 Å². The third-order valence-electron chi connectivity index (χ3n) is 2.98. The van der Waals surface area contributed by atoms with Gasteiger partial charge in [0.05, 0.1) is 10.5 Å². The number of hydrogen-bond acceptors (Lipinski definition) is 4. The van der Waals surface area contributed by atoms with Crippen LogP contribution in [0, 0.1) is 11.3 Å². The fourth-order valence-electron chi connectivity index (χ4n) is 1.78. The van der Waals surface area contributed by atoms with Crippen LogP contribution in [0.4, 0.5) is 0 Å². The molecule has 0 spiro atoms. The van der Waals surface area contributed by atoms with Crippen molar-refractivity contribution in [1.82, 2.24) is 0 Å². The Morgan fingerprint density at radius 2 is 1.65 bits per heavy atom. The first-order valence-electron chi connectivity index (χ1n) is 6.30. The van der Waals surface area contributed by atoms with Gasteiger partial charge in [0.2, 0.25) is 9.84 Å². The molecular weight excluding hydrogens is 338 g/mol. The van der Waals surface area contributed by atoms with Crippen molar-refractivity contribution >= 4 is 33.5 Å². The minimum atomic E-state index is -3.97. The van der Waals surface area contributed by atoms with Crippen LogP contribution in [0.15, 0.2) is 58.3 Å². The van der Waals surface area contributed by atoms with Crippen molar-refractivity contribution in [3.8, 4) is 6.07 Å². The first-order valence-corrected chi connectivity index (χ1v) is 8.16. The molecule has 7 heteroatoms. The maximum absolute atomic E-state index is 12.4. The minimum absolute atomic E-state index is 0.0446. The molecule has 0 saturated carbocycles. The molecule has 0 aliphatic carbocycles. The maximum Gasteiger partial charge on any atom is 0.335 e. The van der Waals surface area contributed by atoms with Crippen LogP contribution in [0.5, 0.6) is 0 Å². The topological polar surface area (TPSA) is 95.2 Å².